The summed E-state index contributed by atoms with van der Waals surface area (Å²) in [5.74, 6) is -3.12. The number of aromatic carboxylic acids is 1. The molecule has 10 rings (SSSR count). The molecule has 6 N–H and O–H groups in total. The lowest BCUT2D eigenvalue weighted by atomic mass is 10.0. The van der Waals surface area contributed by atoms with Crippen LogP contribution in [0.1, 0.15) is 74.8 Å². The van der Waals surface area contributed by atoms with Gasteiger partial charge in [0.15, 0.2) is 0 Å². The van der Waals surface area contributed by atoms with Crippen LogP contribution in [-0.4, -0.2) is 124 Å². The molecule has 0 atom stereocenters. The topological polar surface area (TPSA) is 305 Å². The molecule has 0 aliphatic carbocycles. The van der Waals surface area contributed by atoms with Crippen LogP contribution in [0.5, 0.6) is 23.0 Å². The first-order valence-corrected chi connectivity index (χ1v) is 34.2. The lowest BCUT2D eigenvalue weighted by Crippen LogP contribution is -2.14. The number of aromatic hydroxyl groups is 3. The number of phenols is 3. The van der Waals surface area contributed by atoms with Crippen LogP contribution in [0.3, 0.4) is 0 Å². The maximum Gasteiger partial charge on any atom is 0.338 e. The Morgan fingerprint density at radius 1 is 0.346 bits per heavy atom. The van der Waals surface area contributed by atoms with Gasteiger partial charge in [0.25, 0.3) is 0 Å². The number of aliphatic hydroxyl groups excluding tert-OH is 1. The average molecular weight is 1520 g/mol. The second kappa shape index (κ2) is 47.0. The lowest BCUT2D eigenvalue weighted by Gasteiger charge is -2.08. The van der Waals surface area contributed by atoms with E-state index in [4.69, 9.17) is 53.6 Å². The molecule has 556 valence electrons. The smallest absolute Gasteiger partial charge is 0.338 e. The molecule has 0 aliphatic heterocycles. The van der Waals surface area contributed by atoms with Crippen LogP contribution in [0.25, 0.3) is 44.5 Å². The van der Waals surface area contributed by atoms with Gasteiger partial charge in [0.2, 0.25) is 0 Å². The Labute approximate surface area is 630 Å². The zero-order chi connectivity index (χ0) is 77.9. The maximum atomic E-state index is 12.1. The molecule has 107 heavy (non-hydrogen) atoms. The summed E-state index contributed by atoms with van der Waals surface area (Å²) in [4.78, 5) is 78.7. The largest absolute Gasteiger partial charge is 0.508 e. The van der Waals surface area contributed by atoms with Crippen LogP contribution in [0.4, 0.5) is 0 Å². The maximum absolute atomic E-state index is 12.1. The number of carboxylic acids is 2. The minimum Gasteiger partial charge on any atom is -0.508 e. The van der Waals surface area contributed by atoms with E-state index in [0.717, 1.165) is 62.0 Å². The van der Waals surface area contributed by atoms with Gasteiger partial charge >= 0.3 is 41.8 Å². The van der Waals surface area contributed by atoms with Crippen LogP contribution >= 0.6 is 15.9 Å². The molecule has 0 aromatic heterocycles. The molecule has 0 heterocycles. The van der Waals surface area contributed by atoms with Gasteiger partial charge in [0.05, 0.1) is 55.3 Å². The number of rotatable bonds is 26. The van der Waals surface area contributed by atoms with E-state index in [1.54, 1.807) is 153 Å². The van der Waals surface area contributed by atoms with E-state index in [2.05, 4.69) is 47.8 Å². The molecule has 0 saturated heterocycles. The summed E-state index contributed by atoms with van der Waals surface area (Å²) >= 11 is 3.30. The highest BCUT2D eigenvalue weighted by Gasteiger charge is 2.13. The van der Waals surface area contributed by atoms with Gasteiger partial charge in [0.1, 0.15) is 49.4 Å². The Bertz CT molecular complexity index is 4430. The molecule has 0 saturated carbocycles. The Morgan fingerprint density at radius 2 is 0.626 bits per heavy atom. The normalized spacial score (nSPS) is 9.99. The van der Waals surface area contributed by atoms with Gasteiger partial charge in [0, 0.05) is 23.5 Å². The highest BCUT2D eigenvalue weighted by molar-refractivity contribution is 9.09. The minimum absolute atomic E-state index is 0. The number of carboxylic acid groups (broad SMARTS) is 2. The Kier molecular flexibility index (Phi) is 37.4. The first-order valence-electron chi connectivity index (χ1n) is 33.1. The monoisotopic (exact) mass is 1520 g/mol. The molecule has 0 radical (unpaired) electrons. The van der Waals surface area contributed by atoms with Gasteiger partial charge in [-0.25, -0.2) is 33.6 Å². The molecule has 0 fully saturated rings. The Balaban J connectivity index is 0.000000287. The number of aliphatic hydroxyl groups is 1. The second-order valence-corrected chi connectivity index (χ2v) is 23.6. The number of carbonyl (C=O) groups is 7. The lowest BCUT2D eigenvalue weighted by molar-refractivity contribution is -0.140. The van der Waals surface area contributed by atoms with Crippen molar-refractivity contribution in [1.82, 2.24) is 0 Å². The third-order valence-electron chi connectivity index (χ3n) is 14.3. The SMILES string of the molecule is BrCCOCc1ccccc1.C=C(C)C(=O)O.C=C(C)C(=O)OCCOC(=O)c1ccc(-c2ccc(OC(=O)C(=C)C)cc2)cc1.O=C(O)c1ccc(-c2ccc(O)cc2)cc1.O=C(OCCO)c1ccc(-c2ccc(O)cc2)cc1.O=C(OCCOCc1ccccc1)c1ccc(-c2ccc(O)cc2)cc1.[HH]. The second-order valence-electron chi connectivity index (χ2n) is 22.8. The molecule has 20 nitrogen and oxygen atoms in total. The number of phenolic OH excluding ortho intramolecular Hbond substituents is 3. The molecule has 0 unspecified atom stereocenters. The molecular formula is C86H85BrO20. The molecule has 0 spiro atoms. The fourth-order valence-electron chi connectivity index (χ4n) is 8.63. The fourth-order valence-corrected chi connectivity index (χ4v) is 8.86. The molecule has 0 amide bonds. The van der Waals surface area contributed by atoms with Crippen molar-refractivity contribution < 1.29 is 98.8 Å². The summed E-state index contributed by atoms with van der Waals surface area (Å²) in [6, 6.07) is 75.1. The van der Waals surface area contributed by atoms with E-state index in [1.165, 1.54) is 19.4 Å². The summed E-state index contributed by atoms with van der Waals surface area (Å²) < 4.78 is 36.0. The van der Waals surface area contributed by atoms with Crippen molar-refractivity contribution in [2.75, 3.05) is 51.6 Å². The molecule has 21 heteroatoms. The van der Waals surface area contributed by atoms with Crippen molar-refractivity contribution in [2.45, 2.75) is 34.0 Å². The number of esters is 5. The van der Waals surface area contributed by atoms with Crippen LogP contribution in [0.2, 0.25) is 0 Å². The van der Waals surface area contributed by atoms with E-state index in [9.17, 15) is 43.8 Å². The quantitative estimate of drug-likeness (QED) is 0.00733. The average Bonchev–Trinajstić information content (AvgIpc) is 0.864. The zero-order valence-corrected chi connectivity index (χ0v) is 60.8. The summed E-state index contributed by atoms with van der Waals surface area (Å²) in [7, 11) is 0. The number of benzene rings is 10. The van der Waals surface area contributed by atoms with Gasteiger partial charge in [-0.1, -0.05) is 193 Å². The molecule has 10 aromatic rings. The van der Waals surface area contributed by atoms with Gasteiger partial charge < -0.3 is 63.8 Å². The van der Waals surface area contributed by atoms with Crippen molar-refractivity contribution in [2.24, 2.45) is 0 Å². The predicted molar refractivity (Wildman–Crippen MR) is 414 cm³/mol. The van der Waals surface area contributed by atoms with Gasteiger partial charge in [-0.2, -0.15) is 0 Å². The first-order chi connectivity index (χ1) is 51.4. The molecular weight excluding hydrogens is 1430 g/mol. The van der Waals surface area contributed by atoms with E-state index >= 15 is 0 Å². The number of carbonyl (C=O) groups excluding carboxylic acids is 5. The summed E-state index contributed by atoms with van der Waals surface area (Å²) in [5, 5.41) is 53.8. The summed E-state index contributed by atoms with van der Waals surface area (Å²) in [5.41, 5.74) is 12.2. The minimum atomic E-state index is -0.935. The first kappa shape index (κ1) is 85.1. The van der Waals surface area contributed by atoms with Crippen molar-refractivity contribution >= 4 is 57.7 Å². The van der Waals surface area contributed by atoms with E-state index < -0.39 is 35.8 Å². The van der Waals surface area contributed by atoms with Crippen LogP contribution < -0.4 is 4.74 Å². The highest BCUT2D eigenvalue weighted by Crippen LogP contribution is 2.27. The standard InChI is InChI=1S/C23H22O6.C22H20O4.C15H14O4.C13H10O3.C9H11BrO.C4H6O2.H2/c1-15(2)21(24)27-13-14-28-23(26)19-7-5-17(6-8-19)18-9-11-20(12-10-18)29-22(25)16(3)4;23-21-12-10-19(11-13-21)18-6-8-20(9-7-18)22(24)26-15-14-25-16-17-4-2-1-3-5-17;16-9-10-19-15(18)13-3-1-11(2-4-13)12-5-7-14(17)8-6-12;14-12-7-5-10(6-8-12)9-1-3-11(4-2-9)13(15)16;10-6-7-11-8-9-4-2-1-3-5-9;1-3(2)4(5)6;/h5-12H,1,3,13-14H2,2,4H3;1-13,23H,14-16H2;1-8,16-17H,9-10H2;1-8,14H,(H,15,16);1-5H,6-8H2;1H2,2H3,(H,5,6);1H. The van der Waals surface area contributed by atoms with Gasteiger partial charge in [-0.15, -0.1) is 0 Å². The van der Waals surface area contributed by atoms with E-state index in [-0.39, 0.29) is 74.4 Å². The van der Waals surface area contributed by atoms with E-state index in [0.29, 0.717) is 47.8 Å². The highest BCUT2D eigenvalue weighted by atomic mass is 79.9. The number of hydrogen-bond acceptors (Lipinski definition) is 18. The van der Waals surface area contributed by atoms with Crippen LogP contribution in [0.15, 0.2) is 291 Å². The predicted octanol–water partition coefficient (Wildman–Crippen LogP) is 17.0. The zero-order valence-electron chi connectivity index (χ0n) is 59.2. The third kappa shape index (κ3) is 32.4. The van der Waals surface area contributed by atoms with E-state index in [1.807, 2.05) is 97.1 Å². The number of aliphatic carboxylic acids is 1. The number of ether oxygens (including phenoxy) is 7. The number of hydrogen-bond donors (Lipinski definition) is 6. The fraction of sp³-hybridized carbons (Fsp3) is 0.151. The summed E-state index contributed by atoms with van der Waals surface area (Å²) in [6.45, 7) is 17.0. The molecule has 0 aliphatic rings. The Morgan fingerprint density at radius 3 is 0.925 bits per heavy atom. The number of alkyl halides is 1. The Hall–Kier alpha value is -12.5. The van der Waals surface area contributed by atoms with Crippen LogP contribution in [0, 0.1) is 0 Å². The van der Waals surface area contributed by atoms with Crippen molar-refractivity contribution in [3.63, 3.8) is 0 Å². The molecule has 10 aromatic carbocycles. The number of halogens is 1. The van der Waals surface area contributed by atoms with Crippen molar-refractivity contribution in [3.8, 4) is 67.5 Å². The van der Waals surface area contributed by atoms with Gasteiger partial charge in [-0.3, -0.25) is 0 Å². The molecule has 0 bridgehead atoms. The van der Waals surface area contributed by atoms with Crippen LogP contribution in [-0.2, 0) is 56.0 Å². The third-order valence-corrected chi connectivity index (χ3v) is 14.7. The van der Waals surface area contributed by atoms with Crippen molar-refractivity contribution in [1.29, 1.82) is 0 Å². The van der Waals surface area contributed by atoms with Crippen molar-refractivity contribution in [3.05, 3.63) is 325 Å². The summed E-state index contributed by atoms with van der Waals surface area (Å²) in [6.07, 6.45) is 0. The van der Waals surface area contributed by atoms with Gasteiger partial charge in [-0.05, 0) is 173 Å².